The SMILES string of the molecule is CC(C)CN(C1CCCC1)C1(CN)CC(C)(C)OC1(C)C. The van der Waals surface area contributed by atoms with Crippen molar-refractivity contribution in [2.45, 2.75) is 96.4 Å². The number of ether oxygens (including phenoxy) is 1. The molecule has 124 valence electrons. The van der Waals surface area contributed by atoms with Crippen molar-refractivity contribution in [2.24, 2.45) is 11.7 Å². The molecule has 3 nitrogen and oxygen atoms in total. The lowest BCUT2D eigenvalue weighted by molar-refractivity contribution is -0.113. The van der Waals surface area contributed by atoms with E-state index in [0.29, 0.717) is 18.5 Å². The average molecular weight is 296 g/mol. The molecule has 0 aromatic heterocycles. The Bertz CT molecular complexity index is 358. The van der Waals surface area contributed by atoms with Crippen LogP contribution in [0.5, 0.6) is 0 Å². The van der Waals surface area contributed by atoms with Crippen LogP contribution in [0.2, 0.25) is 0 Å². The summed E-state index contributed by atoms with van der Waals surface area (Å²) in [7, 11) is 0. The molecule has 1 saturated carbocycles. The van der Waals surface area contributed by atoms with Gasteiger partial charge >= 0.3 is 0 Å². The minimum Gasteiger partial charge on any atom is -0.368 e. The number of hydrogen-bond donors (Lipinski definition) is 1. The summed E-state index contributed by atoms with van der Waals surface area (Å²) in [5, 5.41) is 0. The zero-order valence-electron chi connectivity index (χ0n) is 15.0. The predicted octanol–water partition coefficient (Wildman–Crippen LogP) is 3.56. The van der Waals surface area contributed by atoms with Crippen molar-refractivity contribution in [2.75, 3.05) is 13.1 Å². The lowest BCUT2D eigenvalue weighted by Crippen LogP contribution is -2.66. The monoisotopic (exact) mass is 296 g/mol. The highest BCUT2D eigenvalue weighted by atomic mass is 16.5. The fourth-order valence-corrected chi connectivity index (χ4v) is 4.90. The second kappa shape index (κ2) is 5.82. The van der Waals surface area contributed by atoms with E-state index in [1.165, 1.54) is 25.7 Å². The van der Waals surface area contributed by atoms with Gasteiger partial charge in [-0.2, -0.15) is 0 Å². The smallest absolute Gasteiger partial charge is 0.0830 e. The number of hydrogen-bond acceptors (Lipinski definition) is 3. The van der Waals surface area contributed by atoms with Crippen molar-refractivity contribution in [3.05, 3.63) is 0 Å². The maximum absolute atomic E-state index is 6.44. The maximum Gasteiger partial charge on any atom is 0.0830 e. The van der Waals surface area contributed by atoms with Gasteiger partial charge in [-0.25, -0.2) is 0 Å². The van der Waals surface area contributed by atoms with Crippen molar-refractivity contribution >= 4 is 0 Å². The van der Waals surface area contributed by atoms with E-state index in [9.17, 15) is 0 Å². The molecule has 2 aliphatic rings. The van der Waals surface area contributed by atoms with Gasteiger partial charge in [-0.05, 0) is 52.9 Å². The van der Waals surface area contributed by atoms with Crippen LogP contribution >= 0.6 is 0 Å². The quantitative estimate of drug-likeness (QED) is 0.843. The second-order valence-corrected chi connectivity index (χ2v) is 8.77. The molecule has 0 aromatic rings. The molecule has 2 N–H and O–H groups in total. The molecular formula is C18H36N2O. The van der Waals surface area contributed by atoms with Gasteiger partial charge in [0, 0.05) is 19.1 Å². The Hall–Kier alpha value is -0.120. The van der Waals surface area contributed by atoms with E-state index in [2.05, 4.69) is 46.4 Å². The first-order valence-corrected chi connectivity index (χ1v) is 8.80. The van der Waals surface area contributed by atoms with Gasteiger partial charge in [0.1, 0.15) is 0 Å². The summed E-state index contributed by atoms with van der Waals surface area (Å²) >= 11 is 0. The third-order valence-corrected chi connectivity index (χ3v) is 5.59. The minimum absolute atomic E-state index is 0.0320. The van der Waals surface area contributed by atoms with Crippen LogP contribution in [-0.2, 0) is 4.74 Å². The van der Waals surface area contributed by atoms with Gasteiger partial charge in [-0.15, -0.1) is 0 Å². The van der Waals surface area contributed by atoms with E-state index in [1.807, 2.05) is 0 Å². The molecule has 0 radical (unpaired) electrons. The highest BCUT2D eigenvalue weighted by Gasteiger charge is 2.60. The third kappa shape index (κ3) is 3.16. The molecule has 0 aromatic carbocycles. The van der Waals surface area contributed by atoms with Crippen LogP contribution in [0.4, 0.5) is 0 Å². The van der Waals surface area contributed by atoms with E-state index in [1.54, 1.807) is 0 Å². The van der Waals surface area contributed by atoms with Crippen LogP contribution in [0.1, 0.15) is 73.6 Å². The first-order chi connectivity index (χ1) is 9.63. The summed E-state index contributed by atoms with van der Waals surface area (Å²) in [5.74, 6) is 0.661. The van der Waals surface area contributed by atoms with Crippen molar-refractivity contribution in [1.29, 1.82) is 0 Å². The lowest BCUT2D eigenvalue weighted by atomic mass is 9.76. The van der Waals surface area contributed by atoms with Gasteiger partial charge in [0.05, 0.1) is 16.7 Å². The normalized spacial score (nSPS) is 32.4. The van der Waals surface area contributed by atoms with E-state index in [0.717, 1.165) is 13.0 Å². The van der Waals surface area contributed by atoms with Crippen LogP contribution in [-0.4, -0.2) is 40.8 Å². The molecular weight excluding hydrogens is 260 g/mol. The molecule has 21 heavy (non-hydrogen) atoms. The zero-order chi connectivity index (χ0) is 15.9. The Morgan fingerprint density at radius 1 is 1.14 bits per heavy atom. The van der Waals surface area contributed by atoms with Crippen LogP contribution in [0, 0.1) is 5.92 Å². The molecule has 0 spiro atoms. The van der Waals surface area contributed by atoms with Crippen LogP contribution in [0.15, 0.2) is 0 Å². The first-order valence-electron chi connectivity index (χ1n) is 8.80. The molecule has 1 unspecified atom stereocenters. The minimum atomic E-state index is -0.192. The molecule has 1 atom stereocenters. The van der Waals surface area contributed by atoms with Crippen molar-refractivity contribution in [3.8, 4) is 0 Å². The van der Waals surface area contributed by atoms with Gasteiger partial charge in [-0.3, -0.25) is 4.90 Å². The zero-order valence-corrected chi connectivity index (χ0v) is 15.0. The molecule has 1 saturated heterocycles. The Morgan fingerprint density at radius 2 is 1.71 bits per heavy atom. The van der Waals surface area contributed by atoms with E-state index in [-0.39, 0.29) is 16.7 Å². The van der Waals surface area contributed by atoms with Crippen molar-refractivity contribution < 1.29 is 4.74 Å². The van der Waals surface area contributed by atoms with Crippen molar-refractivity contribution in [3.63, 3.8) is 0 Å². The van der Waals surface area contributed by atoms with Gasteiger partial charge < -0.3 is 10.5 Å². The second-order valence-electron chi connectivity index (χ2n) is 8.77. The van der Waals surface area contributed by atoms with Crippen LogP contribution in [0.3, 0.4) is 0 Å². The fourth-order valence-electron chi connectivity index (χ4n) is 4.90. The highest BCUT2D eigenvalue weighted by molar-refractivity contribution is 5.14. The molecule has 2 rings (SSSR count). The standard InChI is InChI=1S/C18H36N2O/c1-14(2)11-20(15-9-7-8-10-15)18(13-19)12-16(3,4)21-17(18,5)6/h14-15H,7-13,19H2,1-6H3. The maximum atomic E-state index is 6.44. The predicted molar refractivity (Wildman–Crippen MR) is 89.4 cm³/mol. The largest absolute Gasteiger partial charge is 0.368 e. The van der Waals surface area contributed by atoms with Crippen LogP contribution < -0.4 is 5.73 Å². The lowest BCUT2D eigenvalue weighted by Gasteiger charge is -2.51. The summed E-state index contributed by atoms with van der Waals surface area (Å²) in [6.45, 7) is 15.4. The summed E-state index contributed by atoms with van der Waals surface area (Å²) in [4.78, 5) is 2.75. The first kappa shape index (κ1) is 17.2. The number of rotatable bonds is 5. The van der Waals surface area contributed by atoms with Crippen molar-refractivity contribution in [1.82, 2.24) is 4.90 Å². The highest BCUT2D eigenvalue weighted by Crippen LogP contribution is 2.50. The molecule has 0 bridgehead atoms. The van der Waals surface area contributed by atoms with Gasteiger partial charge in [0.2, 0.25) is 0 Å². The van der Waals surface area contributed by atoms with E-state index < -0.39 is 0 Å². The summed E-state index contributed by atoms with van der Waals surface area (Å²) in [6, 6.07) is 0.688. The molecule has 2 fully saturated rings. The topological polar surface area (TPSA) is 38.5 Å². The Labute approximate surface area is 131 Å². The average Bonchev–Trinajstić information content (AvgIpc) is 2.90. The fraction of sp³-hybridized carbons (Fsp3) is 1.00. The summed E-state index contributed by atoms with van der Waals surface area (Å²) in [5.41, 5.74) is 6.08. The molecule has 3 heteroatoms. The summed E-state index contributed by atoms with van der Waals surface area (Å²) < 4.78 is 6.44. The number of nitrogens with zero attached hydrogens (tertiary/aromatic N) is 1. The molecule has 1 aliphatic heterocycles. The Balaban J connectivity index is 2.38. The Kier molecular flexibility index (Phi) is 4.78. The third-order valence-electron chi connectivity index (χ3n) is 5.59. The Morgan fingerprint density at radius 3 is 2.10 bits per heavy atom. The van der Waals surface area contributed by atoms with Gasteiger partial charge in [-0.1, -0.05) is 26.7 Å². The molecule has 0 amide bonds. The summed E-state index contributed by atoms with van der Waals surface area (Å²) in [6.07, 6.45) is 6.41. The van der Waals surface area contributed by atoms with Crippen LogP contribution in [0.25, 0.3) is 0 Å². The van der Waals surface area contributed by atoms with E-state index >= 15 is 0 Å². The van der Waals surface area contributed by atoms with E-state index in [4.69, 9.17) is 10.5 Å². The number of nitrogens with two attached hydrogens (primary N) is 1. The van der Waals surface area contributed by atoms with Gasteiger partial charge in [0.15, 0.2) is 0 Å². The van der Waals surface area contributed by atoms with Gasteiger partial charge in [0.25, 0.3) is 0 Å². The molecule has 1 aliphatic carbocycles. The molecule has 1 heterocycles.